The molecule has 1 fully saturated rings. The monoisotopic (exact) mass is 736 g/mol. The van der Waals surface area contributed by atoms with Crippen molar-refractivity contribution in [2.75, 3.05) is 37.7 Å². The van der Waals surface area contributed by atoms with E-state index in [1.54, 1.807) is 34.4 Å². The Morgan fingerprint density at radius 2 is 1.48 bits per heavy atom. The van der Waals surface area contributed by atoms with Crippen molar-refractivity contribution in [1.29, 1.82) is 0 Å². The van der Waals surface area contributed by atoms with Crippen LogP contribution >= 0.6 is 0 Å². The Labute approximate surface area is 315 Å². The van der Waals surface area contributed by atoms with Crippen LogP contribution in [0.4, 0.5) is 18.9 Å². The molecule has 0 N–H and O–H groups in total. The Morgan fingerprint density at radius 1 is 0.852 bits per heavy atom. The number of hydrogen-bond acceptors (Lipinski definition) is 4. The van der Waals surface area contributed by atoms with Gasteiger partial charge in [-0.25, -0.2) is 13.2 Å². The molecule has 1 unspecified atom stereocenters. The number of fused-ring (bicyclic) bond motifs is 1. The number of anilines is 1. The minimum Gasteiger partial charge on any atom is -0.379 e. The Hall–Kier alpha value is -5.19. The third kappa shape index (κ3) is 8.15. The van der Waals surface area contributed by atoms with Crippen LogP contribution in [0.5, 0.6) is 0 Å². The van der Waals surface area contributed by atoms with E-state index in [2.05, 4.69) is 11.0 Å². The third-order valence-electron chi connectivity index (χ3n) is 10.3. The van der Waals surface area contributed by atoms with Crippen LogP contribution in [0.3, 0.4) is 0 Å². The molecule has 7 nitrogen and oxygen atoms in total. The van der Waals surface area contributed by atoms with Crippen molar-refractivity contribution in [3.8, 4) is 11.3 Å². The highest BCUT2D eigenvalue weighted by molar-refractivity contribution is 6.08. The van der Waals surface area contributed by atoms with E-state index in [9.17, 15) is 18.4 Å². The molecular formula is C44H47F3N4O3. The van der Waals surface area contributed by atoms with Gasteiger partial charge in [0.15, 0.2) is 0 Å². The maximum atomic E-state index is 15.5. The lowest BCUT2D eigenvalue weighted by atomic mass is 9.91. The number of carbonyl (C=O) groups is 2. The van der Waals surface area contributed by atoms with Gasteiger partial charge in [0.05, 0.1) is 36.4 Å². The number of hydrogen-bond donors (Lipinski definition) is 0. The van der Waals surface area contributed by atoms with Gasteiger partial charge in [0, 0.05) is 61.9 Å². The fourth-order valence-electron chi connectivity index (χ4n) is 7.34. The number of halogens is 3. The fraction of sp³-hybridized carbons (Fsp3) is 0.318. The molecule has 0 radical (unpaired) electrons. The van der Waals surface area contributed by atoms with Gasteiger partial charge >= 0.3 is 0 Å². The lowest BCUT2D eigenvalue weighted by Gasteiger charge is -2.40. The van der Waals surface area contributed by atoms with Crippen LogP contribution in [-0.4, -0.2) is 65.1 Å². The molecule has 1 atom stereocenters. The quantitative estimate of drug-likeness (QED) is 0.152. The molecular weight excluding hydrogens is 690 g/mol. The number of alkyl halides is 2. The van der Waals surface area contributed by atoms with E-state index < -0.39 is 23.7 Å². The topological polar surface area (TPSA) is 58.0 Å². The summed E-state index contributed by atoms with van der Waals surface area (Å²) in [6.07, 6.45) is -2.51. The molecule has 0 bridgehead atoms. The maximum absolute atomic E-state index is 15.5. The Kier molecular flexibility index (Phi) is 12.3. The zero-order chi connectivity index (χ0) is 38.4. The van der Waals surface area contributed by atoms with Gasteiger partial charge in [0.2, 0.25) is 0 Å². The first-order valence-electron chi connectivity index (χ1n) is 18.6. The van der Waals surface area contributed by atoms with E-state index >= 15 is 4.39 Å². The van der Waals surface area contributed by atoms with Crippen LogP contribution < -0.4 is 4.90 Å². The highest BCUT2D eigenvalue weighted by Crippen LogP contribution is 2.36. The van der Waals surface area contributed by atoms with E-state index in [-0.39, 0.29) is 23.1 Å². The first-order valence-corrected chi connectivity index (χ1v) is 18.6. The highest BCUT2D eigenvalue weighted by Gasteiger charge is 2.35. The van der Waals surface area contributed by atoms with Crippen molar-refractivity contribution in [2.45, 2.75) is 52.7 Å². The predicted octanol–water partition coefficient (Wildman–Crippen LogP) is 8.85. The number of carbonyl (C=O) groups excluding carboxylic acids is 2. The Morgan fingerprint density at radius 3 is 2.15 bits per heavy atom. The normalized spacial score (nSPS) is 15.7. The van der Waals surface area contributed by atoms with Gasteiger partial charge in [-0.05, 0) is 60.4 Å². The molecule has 3 heterocycles. The van der Waals surface area contributed by atoms with Gasteiger partial charge < -0.3 is 19.1 Å². The summed E-state index contributed by atoms with van der Waals surface area (Å²) in [5.41, 5.74) is 4.34. The minimum atomic E-state index is -3.11. The number of para-hydroxylation sites is 1. The maximum Gasteiger partial charge on any atom is 0.266 e. The summed E-state index contributed by atoms with van der Waals surface area (Å²) in [4.78, 5) is 34.9. The first-order chi connectivity index (χ1) is 26.2. The number of nitrogens with zero attached hydrogens (tertiary/aromatic N) is 4. The molecule has 2 aliphatic rings. The van der Waals surface area contributed by atoms with Crippen molar-refractivity contribution >= 4 is 17.5 Å². The van der Waals surface area contributed by atoms with Crippen LogP contribution in [0.1, 0.15) is 68.9 Å². The van der Waals surface area contributed by atoms with Crippen LogP contribution in [0, 0.1) is 12.7 Å². The molecule has 1 aromatic heterocycles. The standard InChI is InChI=1S/C42H41F3N4O3.C2H6/c1-28-34(41(50)48(32-15-7-4-8-16-32)25-29-11-5-3-6-12-29)24-39(46(28)2)35-22-37(40(44)45)38(43)23-36(35)42(51)49-26-31-14-10-9-13-30(31)21-33(49)27-47-17-19-52-20-18-47;1-2/h3-16,22-24,33,40H,17-21,25-27H2,1-2H3;1-2H3. The van der Waals surface area contributed by atoms with Crippen LogP contribution in [0.2, 0.25) is 0 Å². The number of morpholine rings is 1. The smallest absolute Gasteiger partial charge is 0.266 e. The summed E-state index contributed by atoms with van der Waals surface area (Å²) in [6, 6.07) is 30.3. The van der Waals surface area contributed by atoms with E-state index in [0.717, 1.165) is 41.9 Å². The summed E-state index contributed by atoms with van der Waals surface area (Å²) < 4.78 is 51.4. The number of benzene rings is 4. The first kappa shape index (κ1) is 38.5. The van der Waals surface area contributed by atoms with Crippen LogP contribution in [0.25, 0.3) is 11.3 Å². The van der Waals surface area contributed by atoms with E-state index in [4.69, 9.17) is 4.74 Å². The van der Waals surface area contributed by atoms with Crippen molar-refractivity contribution < 1.29 is 27.5 Å². The van der Waals surface area contributed by atoms with Crippen molar-refractivity contribution in [1.82, 2.24) is 14.4 Å². The van der Waals surface area contributed by atoms with Gasteiger partial charge in [-0.1, -0.05) is 86.6 Å². The number of aromatic nitrogens is 1. The van der Waals surface area contributed by atoms with E-state index in [1.165, 1.54) is 0 Å². The van der Waals surface area contributed by atoms with E-state index in [1.807, 2.05) is 92.7 Å². The highest BCUT2D eigenvalue weighted by atomic mass is 19.3. The van der Waals surface area contributed by atoms with Gasteiger partial charge in [-0.3, -0.25) is 14.5 Å². The molecule has 282 valence electrons. The van der Waals surface area contributed by atoms with Gasteiger partial charge in [0.25, 0.3) is 18.2 Å². The molecule has 2 amide bonds. The van der Waals surface area contributed by atoms with Crippen molar-refractivity contribution in [3.63, 3.8) is 0 Å². The zero-order valence-corrected chi connectivity index (χ0v) is 31.3. The van der Waals surface area contributed by atoms with Gasteiger partial charge in [0.1, 0.15) is 5.82 Å². The zero-order valence-electron chi connectivity index (χ0n) is 31.3. The lowest BCUT2D eigenvalue weighted by molar-refractivity contribution is 0.0192. The van der Waals surface area contributed by atoms with Gasteiger partial charge in [-0.2, -0.15) is 0 Å². The summed E-state index contributed by atoms with van der Waals surface area (Å²) in [5.74, 6) is -1.90. The number of amides is 2. The second-order valence-electron chi connectivity index (χ2n) is 13.5. The largest absolute Gasteiger partial charge is 0.379 e. The van der Waals surface area contributed by atoms with E-state index in [0.29, 0.717) is 61.9 Å². The van der Waals surface area contributed by atoms with Gasteiger partial charge in [-0.15, -0.1) is 0 Å². The summed E-state index contributed by atoms with van der Waals surface area (Å²) in [5, 5.41) is 0. The molecule has 0 aliphatic carbocycles. The number of ether oxygens (including phenoxy) is 1. The average molecular weight is 737 g/mol. The molecule has 1 saturated heterocycles. The third-order valence-corrected chi connectivity index (χ3v) is 10.3. The van der Waals surface area contributed by atoms with Crippen LogP contribution in [-0.2, 0) is 31.3 Å². The van der Waals surface area contributed by atoms with Crippen molar-refractivity contribution in [2.24, 2.45) is 7.05 Å². The minimum absolute atomic E-state index is 0.0305. The summed E-state index contributed by atoms with van der Waals surface area (Å²) in [6.45, 7) is 9.62. The molecule has 4 aromatic carbocycles. The fourth-order valence-corrected chi connectivity index (χ4v) is 7.34. The summed E-state index contributed by atoms with van der Waals surface area (Å²) in [7, 11) is 1.73. The molecule has 0 spiro atoms. The average Bonchev–Trinajstić information content (AvgIpc) is 3.50. The molecule has 7 rings (SSSR count). The lowest BCUT2D eigenvalue weighted by Crippen LogP contribution is -2.52. The van der Waals surface area contributed by atoms with Crippen molar-refractivity contribution in [3.05, 3.63) is 148 Å². The second kappa shape index (κ2) is 17.3. The Balaban J connectivity index is 0.00000245. The van der Waals surface area contributed by atoms with Crippen LogP contribution in [0.15, 0.2) is 103 Å². The molecule has 54 heavy (non-hydrogen) atoms. The summed E-state index contributed by atoms with van der Waals surface area (Å²) >= 11 is 0. The predicted molar refractivity (Wildman–Crippen MR) is 206 cm³/mol. The second-order valence-corrected chi connectivity index (χ2v) is 13.5. The Bertz CT molecular complexity index is 2060. The molecule has 2 aliphatic heterocycles. The number of rotatable bonds is 9. The molecule has 5 aromatic rings. The SMILES string of the molecule is CC.Cc1c(C(=O)N(Cc2ccccc2)c2ccccc2)cc(-c2cc(C(F)F)c(F)cc2C(=O)N2Cc3ccccc3CC2CN2CCOCC2)n1C. The molecule has 10 heteroatoms. The molecule has 0 saturated carbocycles.